The van der Waals surface area contributed by atoms with Gasteiger partial charge in [0.05, 0.1) is 0 Å². The van der Waals surface area contributed by atoms with E-state index in [0.29, 0.717) is 12.8 Å². The van der Waals surface area contributed by atoms with Gasteiger partial charge in [0.2, 0.25) is 0 Å². The lowest BCUT2D eigenvalue weighted by atomic mass is 9.88. The number of ether oxygens (including phenoxy) is 2. The van der Waals surface area contributed by atoms with Gasteiger partial charge in [0.15, 0.2) is 6.29 Å². The molecule has 1 aliphatic rings. The standard InChI is InChI=1S/C13H20F6O2/c1-3-9(2)8-11(12(14,15)16,13(17,18)19)21-10-6-4-5-7-20-10/h9-10H,3-8H2,1-2H3. The van der Waals surface area contributed by atoms with E-state index in [1.54, 1.807) is 6.92 Å². The molecule has 126 valence electrons. The molecule has 0 amide bonds. The largest absolute Gasteiger partial charge is 0.426 e. The first-order chi connectivity index (χ1) is 9.53. The first kappa shape index (κ1) is 18.5. The average Bonchev–Trinajstić information content (AvgIpc) is 2.36. The summed E-state index contributed by atoms with van der Waals surface area (Å²) in [4.78, 5) is 0. The van der Waals surface area contributed by atoms with E-state index in [0.717, 1.165) is 0 Å². The first-order valence-electron chi connectivity index (χ1n) is 6.96. The van der Waals surface area contributed by atoms with Crippen LogP contribution in [0.2, 0.25) is 0 Å². The number of alkyl halides is 6. The van der Waals surface area contributed by atoms with E-state index >= 15 is 0 Å². The summed E-state index contributed by atoms with van der Waals surface area (Å²) in [6.07, 6.45) is -12.4. The number of rotatable bonds is 5. The van der Waals surface area contributed by atoms with Crippen molar-refractivity contribution in [3.63, 3.8) is 0 Å². The summed E-state index contributed by atoms with van der Waals surface area (Å²) in [6.45, 7) is 3.00. The monoisotopic (exact) mass is 322 g/mol. The van der Waals surface area contributed by atoms with Gasteiger partial charge in [0, 0.05) is 6.61 Å². The molecule has 0 spiro atoms. The average molecular weight is 322 g/mol. The molecule has 1 saturated heterocycles. The number of halogens is 6. The second-order valence-corrected chi connectivity index (χ2v) is 5.45. The van der Waals surface area contributed by atoms with E-state index in [1.165, 1.54) is 6.92 Å². The van der Waals surface area contributed by atoms with Gasteiger partial charge in [-0.2, -0.15) is 26.3 Å². The van der Waals surface area contributed by atoms with Gasteiger partial charge in [-0.25, -0.2) is 0 Å². The molecule has 2 nitrogen and oxygen atoms in total. The fraction of sp³-hybridized carbons (Fsp3) is 1.00. The van der Waals surface area contributed by atoms with Gasteiger partial charge in [-0.15, -0.1) is 0 Å². The maximum absolute atomic E-state index is 13.2. The zero-order valence-corrected chi connectivity index (χ0v) is 12.0. The minimum absolute atomic E-state index is 0.0361. The van der Waals surface area contributed by atoms with Gasteiger partial charge in [0.1, 0.15) is 0 Å². The molecule has 0 radical (unpaired) electrons. The molecule has 0 aromatic rings. The lowest BCUT2D eigenvalue weighted by Gasteiger charge is -2.41. The molecule has 1 aliphatic heterocycles. The van der Waals surface area contributed by atoms with Crippen LogP contribution in [0.1, 0.15) is 46.0 Å². The highest BCUT2D eigenvalue weighted by molar-refractivity contribution is 4.97. The molecule has 2 atom stereocenters. The minimum Gasteiger partial charge on any atom is -0.353 e. The van der Waals surface area contributed by atoms with Crippen LogP contribution in [-0.2, 0) is 9.47 Å². The van der Waals surface area contributed by atoms with E-state index < -0.39 is 36.6 Å². The summed E-state index contributed by atoms with van der Waals surface area (Å²) in [5.74, 6) is -0.781. The van der Waals surface area contributed by atoms with E-state index in [9.17, 15) is 26.3 Å². The smallest absolute Gasteiger partial charge is 0.353 e. The third kappa shape index (κ3) is 4.25. The second-order valence-electron chi connectivity index (χ2n) is 5.45. The van der Waals surface area contributed by atoms with Crippen molar-refractivity contribution >= 4 is 0 Å². The van der Waals surface area contributed by atoms with E-state index in [-0.39, 0.29) is 19.4 Å². The van der Waals surface area contributed by atoms with Gasteiger partial charge in [0.25, 0.3) is 5.60 Å². The molecule has 0 aromatic heterocycles. The van der Waals surface area contributed by atoms with E-state index in [2.05, 4.69) is 4.74 Å². The van der Waals surface area contributed by atoms with Crippen LogP contribution in [0.25, 0.3) is 0 Å². The van der Waals surface area contributed by atoms with Crippen LogP contribution in [0.15, 0.2) is 0 Å². The molecular weight excluding hydrogens is 302 g/mol. The molecule has 21 heavy (non-hydrogen) atoms. The van der Waals surface area contributed by atoms with Crippen molar-refractivity contribution in [2.45, 2.75) is 70.2 Å². The minimum atomic E-state index is -5.55. The maximum atomic E-state index is 13.2. The molecule has 0 N–H and O–H groups in total. The molecule has 0 aromatic carbocycles. The Bertz CT molecular complexity index is 306. The maximum Gasteiger partial charge on any atom is 0.426 e. The molecule has 2 unspecified atom stereocenters. The third-order valence-corrected chi connectivity index (χ3v) is 3.72. The second kappa shape index (κ2) is 6.73. The Kier molecular flexibility index (Phi) is 5.94. The molecule has 0 saturated carbocycles. The molecule has 1 rings (SSSR count). The summed E-state index contributed by atoms with van der Waals surface area (Å²) >= 11 is 0. The summed E-state index contributed by atoms with van der Waals surface area (Å²) in [5.41, 5.74) is -4.17. The Morgan fingerprint density at radius 2 is 1.67 bits per heavy atom. The van der Waals surface area contributed by atoms with Crippen LogP contribution >= 0.6 is 0 Å². The molecule has 0 aliphatic carbocycles. The van der Waals surface area contributed by atoms with Gasteiger partial charge in [-0.05, 0) is 31.6 Å². The fourth-order valence-electron chi connectivity index (χ4n) is 2.24. The van der Waals surface area contributed by atoms with Crippen molar-refractivity contribution in [2.75, 3.05) is 6.61 Å². The SMILES string of the molecule is CCC(C)CC(OC1CCCCO1)(C(F)(F)F)C(F)(F)F. The Morgan fingerprint density at radius 1 is 1.10 bits per heavy atom. The quantitative estimate of drug-likeness (QED) is 0.675. The van der Waals surface area contributed by atoms with Crippen molar-refractivity contribution in [1.29, 1.82) is 0 Å². The summed E-state index contributed by atoms with van der Waals surface area (Å²) in [7, 11) is 0. The zero-order chi connectivity index (χ0) is 16.3. The van der Waals surface area contributed by atoms with Crippen LogP contribution < -0.4 is 0 Å². The third-order valence-electron chi connectivity index (χ3n) is 3.72. The van der Waals surface area contributed by atoms with Crippen LogP contribution in [0, 0.1) is 5.92 Å². The summed E-state index contributed by atoms with van der Waals surface area (Å²) in [5, 5.41) is 0. The molecule has 1 fully saturated rings. The van der Waals surface area contributed by atoms with E-state index in [1.807, 2.05) is 0 Å². The first-order valence-corrected chi connectivity index (χ1v) is 6.96. The lowest BCUT2D eigenvalue weighted by Crippen LogP contribution is -2.61. The van der Waals surface area contributed by atoms with Gasteiger partial charge >= 0.3 is 12.4 Å². The molecule has 1 heterocycles. The molecular formula is C13H20F6O2. The highest BCUT2D eigenvalue weighted by atomic mass is 19.4. The molecule has 8 heteroatoms. The van der Waals surface area contributed by atoms with Crippen molar-refractivity contribution < 1.29 is 35.8 Å². The molecule has 0 bridgehead atoms. The van der Waals surface area contributed by atoms with Gasteiger partial charge in [-0.3, -0.25) is 0 Å². The Balaban J connectivity index is 3.10. The van der Waals surface area contributed by atoms with Crippen LogP contribution in [0.4, 0.5) is 26.3 Å². The van der Waals surface area contributed by atoms with Crippen LogP contribution in [-0.4, -0.2) is 30.9 Å². The normalized spacial score (nSPS) is 23.1. The zero-order valence-electron chi connectivity index (χ0n) is 12.0. The van der Waals surface area contributed by atoms with E-state index in [4.69, 9.17) is 4.74 Å². The highest BCUT2D eigenvalue weighted by Gasteiger charge is 2.73. The Morgan fingerprint density at radius 3 is 2.05 bits per heavy atom. The highest BCUT2D eigenvalue weighted by Crippen LogP contribution is 2.50. The van der Waals surface area contributed by atoms with Crippen LogP contribution in [0.5, 0.6) is 0 Å². The Hall–Kier alpha value is -0.500. The lowest BCUT2D eigenvalue weighted by molar-refractivity contribution is -0.415. The topological polar surface area (TPSA) is 18.5 Å². The Labute approximate surface area is 119 Å². The van der Waals surface area contributed by atoms with Crippen molar-refractivity contribution in [3.05, 3.63) is 0 Å². The fourth-order valence-corrected chi connectivity index (χ4v) is 2.24. The number of hydrogen-bond acceptors (Lipinski definition) is 2. The van der Waals surface area contributed by atoms with Crippen molar-refractivity contribution in [1.82, 2.24) is 0 Å². The van der Waals surface area contributed by atoms with Gasteiger partial charge < -0.3 is 9.47 Å². The van der Waals surface area contributed by atoms with Crippen molar-refractivity contribution in [2.24, 2.45) is 5.92 Å². The predicted molar refractivity (Wildman–Crippen MR) is 63.6 cm³/mol. The summed E-state index contributed by atoms with van der Waals surface area (Å²) < 4.78 is 88.8. The summed E-state index contributed by atoms with van der Waals surface area (Å²) in [6, 6.07) is 0. The predicted octanol–water partition coefficient (Wildman–Crippen LogP) is 4.83. The van der Waals surface area contributed by atoms with Crippen molar-refractivity contribution in [3.8, 4) is 0 Å². The van der Waals surface area contributed by atoms with Crippen LogP contribution in [0.3, 0.4) is 0 Å². The van der Waals surface area contributed by atoms with Gasteiger partial charge in [-0.1, -0.05) is 20.3 Å². The number of hydrogen-bond donors (Lipinski definition) is 0.